The molecule has 36 heavy (non-hydrogen) atoms. The second-order valence-electron chi connectivity index (χ2n) is 9.89. The number of nitrogens with zero attached hydrogens (tertiary/aromatic N) is 2. The van der Waals surface area contributed by atoms with Crippen LogP contribution >= 0.6 is 0 Å². The van der Waals surface area contributed by atoms with E-state index in [2.05, 4.69) is 26.5 Å². The summed E-state index contributed by atoms with van der Waals surface area (Å²) in [6, 6.07) is 13.6. The molecular weight excluding hydrogens is 456 g/mol. The minimum Gasteiger partial charge on any atom is -0.495 e. The van der Waals surface area contributed by atoms with Gasteiger partial charge in [0.1, 0.15) is 5.75 Å². The van der Waals surface area contributed by atoms with E-state index in [9.17, 15) is 9.59 Å². The van der Waals surface area contributed by atoms with Gasteiger partial charge >= 0.3 is 0 Å². The number of piperazine rings is 1. The van der Waals surface area contributed by atoms with Gasteiger partial charge in [0.2, 0.25) is 5.91 Å². The molecule has 3 rings (SSSR count). The molecule has 0 radical (unpaired) electrons. The van der Waals surface area contributed by atoms with Crippen LogP contribution in [0.5, 0.6) is 5.75 Å². The molecule has 8 nitrogen and oxygen atoms in total. The van der Waals surface area contributed by atoms with Gasteiger partial charge < -0.3 is 29.9 Å². The summed E-state index contributed by atoms with van der Waals surface area (Å²) in [5.41, 5.74) is 2.59. The lowest BCUT2D eigenvalue weighted by Gasteiger charge is -2.38. The SMILES string of the molecule is CCOCCCNC(=O)c1cc(NC(=O)C(C)(C)C)ccc1N1CCN(c2ccccc2OC)CC1. The van der Waals surface area contributed by atoms with Crippen LogP contribution in [0.25, 0.3) is 0 Å². The third kappa shape index (κ3) is 7.13. The molecule has 1 aliphatic heterocycles. The molecule has 196 valence electrons. The normalized spacial score (nSPS) is 13.9. The average Bonchev–Trinajstić information content (AvgIpc) is 2.88. The van der Waals surface area contributed by atoms with Gasteiger partial charge in [-0.2, -0.15) is 0 Å². The van der Waals surface area contributed by atoms with Gasteiger partial charge in [0.15, 0.2) is 0 Å². The monoisotopic (exact) mass is 496 g/mol. The first kappa shape index (κ1) is 27.3. The predicted octanol–water partition coefficient (Wildman–Crippen LogP) is 4.16. The molecular formula is C28H40N4O4. The van der Waals surface area contributed by atoms with E-state index in [1.54, 1.807) is 13.2 Å². The molecule has 8 heteroatoms. The molecule has 0 unspecified atom stereocenters. The van der Waals surface area contributed by atoms with Crippen LogP contribution < -0.4 is 25.2 Å². The maximum atomic E-state index is 13.2. The predicted molar refractivity (Wildman–Crippen MR) is 145 cm³/mol. The van der Waals surface area contributed by atoms with Crippen LogP contribution in [0.2, 0.25) is 0 Å². The van der Waals surface area contributed by atoms with Crippen molar-refractivity contribution in [2.75, 3.05) is 68.2 Å². The highest BCUT2D eigenvalue weighted by molar-refractivity contribution is 6.02. The van der Waals surface area contributed by atoms with E-state index in [0.29, 0.717) is 31.0 Å². The fraction of sp³-hybridized carbons (Fsp3) is 0.500. The molecule has 0 bridgehead atoms. The molecule has 2 N–H and O–H groups in total. The molecule has 0 atom stereocenters. The number of rotatable bonds is 10. The second-order valence-corrected chi connectivity index (χ2v) is 9.89. The maximum absolute atomic E-state index is 13.2. The number of ether oxygens (including phenoxy) is 2. The Hall–Kier alpha value is -3.26. The Morgan fingerprint density at radius 1 is 0.972 bits per heavy atom. The summed E-state index contributed by atoms with van der Waals surface area (Å²) in [6.07, 6.45) is 0.743. The van der Waals surface area contributed by atoms with Crippen LogP contribution in [0.3, 0.4) is 0 Å². The number of nitrogens with one attached hydrogen (secondary N) is 2. The van der Waals surface area contributed by atoms with E-state index >= 15 is 0 Å². The maximum Gasteiger partial charge on any atom is 0.253 e. The summed E-state index contributed by atoms with van der Waals surface area (Å²) >= 11 is 0. The van der Waals surface area contributed by atoms with E-state index in [4.69, 9.17) is 9.47 Å². The zero-order valence-corrected chi connectivity index (χ0v) is 22.2. The summed E-state index contributed by atoms with van der Waals surface area (Å²) in [6.45, 7) is 12.5. The molecule has 2 amide bonds. The minimum atomic E-state index is -0.533. The topological polar surface area (TPSA) is 83.1 Å². The zero-order chi connectivity index (χ0) is 26.1. The molecule has 0 aromatic heterocycles. The van der Waals surface area contributed by atoms with Gasteiger partial charge in [-0.15, -0.1) is 0 Å². The van der Waals surface area contributed by atoms with Gasteiger partial charge in [-0.25, -0.2) is 0 Å². The largest absolute Gasteiger partial charge is 0.495 e. The van der Waals surface area contributed by atoms with Crippen LogP contribution in [-0.4, -0.2) is 64.9 Å². The van der Waals surface area contributed by atoms with Crippen LogP contribution in [0.15, 0.2) is 42.5 Å². The average molecular weight is 497 g/mol. The van der Waals surface area contributed by atoms with Crippen LogP contribution in [-0.2, 0) is 9.53 Å². The van der Waals surface area contributed by atoms with Gasteiger partial charge in [0, 0.05) is 62.7 Å². The highest BCUT2D eigenvalue weighted by Crippen LogP contribution is 2.31. The van der Waals surface area contributed by atoms with Crippen molar-refractivity contribution >= 4 is 28.9 Å². The highest BCUT2D eigenvalue weighted by atomic mass is 16.5. The van der Waals surface area contributed by atoms with E-state index in [1.807, 2.05) is 58.0 Å². The number of carbonyl (C=O) groups excluding carboxylic acids is 2. The lowest BCUT2D eigenvalue weighted by molar-refractivity contribution is -0.123. The van der Waals surface area contributed by atoms with Gasteiger partial charge in [0.05, 0.1) is 18.4 Å². The van der Waals surface area contributed by atoms with Crippen LogP contribution in [0.1, 0.15) is 44.5 Å². The first-order valence-electron chi connectivity index (χ1n) is 12.7. The molecule has 1 saturated heterocycles. The van der Waals surface area contributed by atoms with Crippen molar-refractivity contribution in [2.45, 2.75) is 34.1 Å². The Labute approximate surface area is 214 Å². The molecule has 1 fully saturated rings. The number of para-hydroxylation sites is 2. The third-order valence-electron chi connectivity index (χ3n) is 6.18. The summed E-state index contributed by atoms with van der Waals surface area (Å²) in [5, 5.41) is 5.97. The van der Waals surface area contributed by atoms with Crippen molar-refractivity contribution < 1.29 is 19.1 Å². The van der Waals surface area contributed by atoms with Crippen molar-refractivity contribution in [1.82, 2.24) is 5.32 Å². The molecule has 0 aliphatic carbocycles. The van der Waals surface area contributed by atoms with Gasteiger partial charge in [-0.05, 0) is 43.7 Å². The fourth-order valence-corrected chi connectivity index (χ4v) is 4.09. The standard InChI is InChI=1S/C28H40N4O4/c1-6-36-19-9-14-29-26(33)22-20-21(30-27(34)28(2,3)4)12-13-23(22)31-15-17-32(18-16-31)24-10-7-8-11-25(24)35-5/h7-8,10-13,20H,6,9,14-19H2,1-5H3,(H,29,33)(H,30,34). The number of benzene rings is 2. The quantitative estimate of drug-likeness (QED) is 0.481. The van der Waals surface area contributed by atoms with Crippen molar-refractivity contribution in [3.05, 3.63) is 48.0 Å². The first-order valence-corrected chi connectivity index (χ1v) is 12.7. The van der Waals surface area contributed by atoms with E-state index in [0.717, 1.165) is 49.7 Å². The smallest absolute Gasteiger partial charge is 0.253 e. The van der Waals surface area contributed by atoms with E-state index in [-0.39, 0.29) is 11.8 Å². The van der Waals surface area contributed by atoms with Crippen LogP contribution in [0.4, 0.5) is 17.1 Å². The van der Waals surface area contributed by atoms with Gasteiger partial charge in [-0.3, -0.25) is 9.59 Å². The fourth-order valence-electron chi connectivity index (χ4n) is 4.09. The molecule has 1 heterocycles. The number of amides is 2. The summed E-state index contributed by atoms with van der Waals surface area (Å²) < 4.78 is 10.9. The van der Waals surface area contributed by atoms with Crippen molar-refractivity contribution in [3.63, 3.8) is 0 Å². The molecule has 0 saturated carbocycles. The van der Waals surface area contributed by atoms with Crippen molar-refractivity contribution in [2.24, 2.45) is 5.41 Å². The summed E-state index contributed by atoms with van der Waals surface area (Å²) in [7, 11) is 1.69. The minimum absolute atomic E-state index is 0.0938. The third-order valence-corrected chi connectivity index (χ3v) is 6.18. The number of methoxy groups -OCH3 is 1. The van der Waals surface area contributed by atoms with Gasteiger partial charge in [-0.1, -0.05) is 32.9 Å². The van der Waals surface area contributed by atoms with E-state index in [1.165, 1.54) is 0 Å². The van der Waals surface area contributed by atoms with Crippen LogP contribution in [0, 0.1) is 5.41 Å². The number of carbonyl (C=O) groups is 2. The van der Waals surface area contributed by atoms with Gasteiger partial charge in [0.25, 0.3) is 5.91 Å². The number of hydrogen-bond donors (Lipinski definition) is 2. The Balaban J connectivity index is 1.77. The lowest BCUT2D eigenvalue weighted by Crippen LogP contribution is -2.47. The summed E-state index contributed by atoms with van der Waals surface area (Å²) in [4.78, 5) is 30.3. The molecule has 2 aromatic carbocycles. The molecule has 2 aromatic rings. The Bertz CT molecular complexity index is 1030. The number of hydrogen-bond acceptors (Lipinski definition) is 6. The number of anilines is 3. The van der Waals surface area contributed by atoms with E-state index < -0.39 is 5.41 Å². The Morgan fingerprint density at radius 2 is 1.64 bits per heavy atom. The summed E-state index contributed by atoms with van der Waals surface area (Å²) in [5.74, 6) is 0.612. The molecule has 0 spiro atoms. The van der Waals surface area contributed by atoms with Crippen molar-refractivity contribution in [1.29, 1.82) is 0 Å². The second kappa shape index (κ2) is 12.6. The Morgan fingerprint density at radius 3 is 2.28 bits per heavy atom. The first-order chi connectivity index (χ1) is 17.2. The zero-order valence-electron chi connectivity index (χ0n) is 22.2. The highest BCUT2D eigenvalue weighted by Gasteiger charge is 2.25. The lowest BCUT2D eigenvalue weighted by atomic mass is 9.95. The van der Waals surface area contributed by atoms with Crippen molar-refractivity contribution in [3.8, 4) is 5.75 Å². The Kier molecular flexibility index (Phi) is 9.58. The molecule has 1 aliphatic rings.